The highest BCUT2D eigenvalue weighted by molar-refractivity contribution is 5.70. The Morgan fingerprint density at radius 3 is 2.79 bits per heavy atom. The van der Waals surface area contributed by atoms with Crippen molar-refractivity contribution in [1.29, 1.82) is 0 Å². The molecule has 0 unspecified atom stereocenters. The third-order valence-corrected chi connectivity index (χ3v) is 1.65. The van der Waals surface area contributed by atoms with Crippen LogP contribution in [-0.4, -0.2) is 25.8 Å². The number of hydrogen-bond acceptors (Lipinski definition) is 3. The molecular formula is C11H20O3. The first kappa shape index (κ1) is 13.2. The summed E-state index contributed by atoms with van der Waals surface area (Å²) in [6.07, 6.45) is 3.66. The molecule has 14 heavy (non-hydrogen) atoms. The Hall–Kier alpha value is -0.830. The van der Waals surface area contributed by atoms with Crippen LogP contribution in [0.2, 0.25) is 0 Å². The fraction of sp³-hybridized carbons (Fsp3) is 0.727. The van der Waals surface area contributed by atoms with Gasteiger partial charge in [-0.15, -0.1) is 0 Å². The highest BCUT2D eigenvalue weighted by Gasteiger charge is 2.01. The maximum Gasteiger partial charge on any atom is 0.332 e. The quantitative estimate of drug-likeness (QED) is 0.342. The van der Waals surface area contributed by atoms with E-state index in [1.807, 2.05) is 0 Å². The van der Waals surface area contributed by atoms with E-state index < -0.39 is 0 Å². The van der Waals surface area contributed by atoms with Gasteiger partial charge in [0.05, 0.1) is 0 Å². The highest BCUT2D eigenvalue weighted by Crippen LogP contribution is 2.02. The Labute approximate surface area is 86.1 Å². The van der Waals surface area contributed by atoms with Gasteiger partial charge in [0, 0.05) is 6.61 Å². The first-order valence-corrected chi connectivity index (χ1v) is 5.01. The SMILES string of the molecule is C=CCOC(=O)COCCCC(C)C. The molecule has 0 N–H and O–H groups in total. The lowest BCUT2D eigenvalue weighted by molar-refractivity contribution is -0.147. The molecular weight excluding hydrogens is 180 g/mol. The molecule has 0 heterocycles. The minimum absolute atomic E-state index is 0.0476. The van der Waals surface area contributed by atoms with Crippen molar-refractivity contribution in [3.8, 4) is 0 Å². The van der Waals surface area contributed by atoms with Crippen LogP contribution in [0.3, 0.4) is 0 Å². The molecule has 0 aliphatic carbocycles. The number of rotatable bonds is 8. The van der Waals surface area contributed by atoms with Crippen molar-refractivity contribution >= 4 is 5.97 Å². The van der Waals surface area contributed by atoms with Gasteiger partial charge in [0.2, 0.25) is 0 Å². The lowest BCUT2D eigenvalue weighted by Gasteiger charge is -2.05. The molecule has 0 aromatic heterocycles. The van der Waals surface area contributed by atoms with Gasteiger partial charge in [-0.25, -0.2) is 4.79 Å². The van der Waals surface area contributed by atoms with Crippen LogP contribution >= 0.6 is 0 Å². The van der Waals surface area contributed by atoms with Gasteiger partial charge in [0.25, 0.3) is 0 Å². The predicted octanol–water partition coefficient (Wildman–Crippen LogP) is 2.17. The number of carbonyl (C=O) groups is 1. The van der Waals surface area contributed by atoms with Crippen molar-refractivity contribution in [1.82, 2.24) is 0 Å². The van der Waals surface area contributed by atoms with Gasteiger partial charge in [0.15, 0.2) is 0 Å². The third kappa shape index (κ3) is 9.26. The van der Waals surface area contributed by atoms with Gasteiger partial charge >= 0.3 is 5.97 Å². The Kier molecular flexibility index (Phi) is 8.24. The zero-order valence-corrected chi connectivity index (χ0v) is 9.12. The van der Waals surface area contributed by atoms with Crippen LogP contribution in [0.15, 0.2) is 12.7 Å². The van der Waals surface area contributed by atoms with Gasteiger partial charge in [-0.1, -0.05) is 26.5 Å². The summed E-state index contributed by atoms with van der Waals surface area (Å²) in [5, 5.41) is 0. The second-order valence-corrected chi connectivity index (χ2v) is 3.56. The minimum Gasteiger partial charge on any atom is -0.460 e. The van der Waals surface area contributed by atoms with E-state index in [0.29, 0.717) is 12.5 Å². The van der Waals surface area contributed by atoms with E-state index in [4.69, 9.17) is 9.47 Å². The van der Waals surface area contributed by atoms with Crippen LogP contribution in [0.1, 0.15) is 26.7 Å². The molecule has 0 radical (unpaired) electrons. The van der Waals surface area contributed by atoms with Crippen molar-refractivity contribution in [2.45, 2.75) is 26.7 Å². The molecule has 3 nitrogen and oxygen atoms in total. The summed E-state index contributed by atoms with van der Waals surface area (Å²) in [5.41, 5.74) is 0. The first-order chi connectivity index (χ1) is 6.66. The summed E-state index contributed by atoms with van der Waals surface area (Å²) in [6, 6.07) is 0. The summed E-state index contributed by atoms with van der Waals surface area (Å²) in [6.45, 7) is 8.71. The molecule has 0 aromatic carbocycles. The van der Waals surface area contributed by atoms with E-state index in [9.17, 15) is 4.79 Å². The summed E-state index contributed by atoms with van der Waals surface area (Å²) in [4.78, 5) is 10.9. The number of esters is 1. The molecule has 0 amide bonds. The standard InChI is InChI=1S/C11H20O3/c1-4-7-14-11(12)9-13-8-5-6-10(2)3/h4,10H,1,5-9H2,2-3H3. The normalized spacial score (nSPS) is 10.2. The summed E-state index contributed by atoms with van der Waals surface area (Å²) >= 11 is 0. The summed E-state index contributed by atoms with van der Waals surface area (Å²) in [5.74, 6) is 0.362. The Morgan fingerprint density at radius 1 is 1.50 bits per heavy atom. The van der Waals surface area contributed by atoms with Gasteiger partial charge in [-0.05, 0) is 18.8 Å². The number of hydrogen-bond donors (Lipinski definition) is 0. The van der Waals surface area contributed by atoms with Crippen molar-refractivity contribution < 1.29 is 14.3 Å². The van der Waals surface area contributed by atoms with Gasteiger partial charge in [-0.3, -0.25) is 0 Å². The molecule has 0 spiro atoms. The first-order valence-electron chi connectivity index (χ1n) is 5.01. The second kappa shape index (κ2) is 8.75. The average Bonchev–Trinajstić information content (AvgIpc) is 2.13. The smallest absolute Gasteiger partial charge is 0.332 e. The van der Waals surface area contributed by atoms with Gasteiger partial charge in [0.1, 0.15) is 13.2 Å². The van der Waals surface area contributed by atoms with E-state index in [-0.39, 0.29) is 19.2 Å². The van der Waals surface area contributed by atoms with Crippen molar-refractivity contribution in [3.63, 3.8) is 0 Å². The van der Waals surface area contributed by atoms with Gasteiger partial charge in [-0.2, -0.15) is 0 Å². The maximum atomic E-state index is 10.9. The van der Waals surface area contributed by atoms with Crippen molar-refractivity contribution in [2.75, 3.05) is 19.8 Å². The molecule has 0 aliphatic heterocycles. The molecule has 3 heteroatoms. The molecule has 0 aliphatic rings. The van der Waals surface area contributed by atoms with E-state index in [1.54, 1.807) is 0 Å². The highest BCUT2D eigenvalue weighted by atomic mass is 16.6. The molecule has 0 atom stereocenters. The van der Waals surface area contributed by atoms with E-state index in [0.717, 1.165) is 12.8 Å². The minimum atomic E-state index is -0.325. The monoisotopic (exact) mass is 200 g/mol. The van der Waals surface area contributed by atoms with Crippen LogP contribution in [0.25, 0.3) is 0 Å². The lowest BCUT2D eigenvalue weighted by atomic mass is 10.1. The van der Waals surface area contributed by atoms with Crippen molar-refractivity contribution in [2.24, 2.45) is 5.92 Å². The molecule has 0 bridgehead atoms. The zero-order chi connectivity index (χ0) is 10.8. The van der Waals surface area contributed by atoms with Crippen LogP contribution in [0.5, 0.6) is 0 Å². The topological polar surface area (TPSA) is 35.5 Å². The second-order valence-electron chi connectivity index (χ2n) is 3.56. The Bertz CT molecular complexity index is 164. The third-order valence-electron chi connectivity index (χ3n) is 1.65. The molecule has 82 valence electrons. The molecule has 0 aromatic rings. The fourth-order valence-corrected chi connectivity index (χ4v) is 0.943. The Balaban J connectivity index is 3.18. The number of ether oxygens (including phenoxy) is 2. The summed E-state index contributed by atoms with van der Waals surface area (Å²) in [7, 11) is 0. The fourth-order valence-electron chi connectivity index (χ4n) is 0.943. The predicted molar refractivity (Wildman–Crippen MR) is 56.0 cm³/mol. The van der Waals surface area contributed by atoms with E-state index in [1.165, 1.54) is 6.08 Å². The lowest BCUT2D eigenvalue weighted by Crippen LogP contribution is -2.13. The molecule has 0 fully saturated rings. The van der Waals surface area contributed by atoms with Crippen LogP contribution in [0.4, 0.5) is 0 Å². The molecule has 0 rings (SSSR count). The molecule has 0 saturated heterocycles. The van der Waals surface area contributed by atoms with E-state index >= 15 is 0 Å². The average molecular weight is 200 g/mol. The largest absolute Gasteiger partial charge is 0.460 e. The van der Waals surface area contributed by atoms with E-state index in [2.05, 4.69) is 20.4 Å². The van der Waals surface area contributed by atoms with Crippen LogP contribution in [0, 0.1) is 5.92 Å². The number of carbonyl (C=O) groups excluding carboxylic acids is 1. The van der Waals surface area contributed by atoms with Gasteiger partial charge < -0.3 is 9.47 Å². The maximum absolute atomic E-state index is 10.9. The molecule has 0 saturated carbocycles. The zero-order valence-electron chi connectivity index (χ0n) is 9.12. The van der Waals surface area contributed by atoms with Crippen LogP contribution in [-0.2, 0) is 14.3 Å². The Morgan fingerprint density at radius 2 is 2.21 bits per heavy atom. The van der Waals surface area contributed by atoms with Crippen molar-refractivity contribution in [3.05, 3.63) is 12.7 Å². The van der Waals surface area contributed by atoms with Crippen LogP contribution < -0.4 is 0 Å². The summed E-state index contributed by atoms with van der Waals surface area (Å²) < 4.78 is 9.87.